The molecule has 2 amide bonds. The highest BCUT2D eigenvalue weighted by Gasteiger charge is 2.28. The van der Waals surface area contributed by atoms with Crippen molar-refractivity contribution in [1.82, 2.24) is 5.32 Å². The third-order valence-corrected chi connectivity index (χ3v) is 6.41. The van der Waals surface area contributed by atoms with Gasteiger partial charge in [0.1, 0.15) is 6.54 Å². The minimum atomic E-state index is -3.98. The van der Waals surface area contributed by atoms with Crippen molar-refractivity contribution in [2.45, 2.75) is 11.8 Å². The van der Waals surface area contributed by atoms with E-state index in [1.165, 1.54) is 25.2 Å². The Labute approximate surface area is 181 Å². The number of anilines is 2. The van der Waals surface area contributed by atoms with Crippen LogP contribution in [-0.2, 0) is 14.8 Å². The highest BCUT2D eigenvalue weighted by Crippen LogP contribution is 2.26. The summed E-state index contributed by atoms with van der Waals surface area (Å²) in [5.74, 6) is -0.818. The van der Waals surface area contributed by atoms with E-state index in [1.54, 1.807) is 67.6 Å². The van der Waals surface area contributed by atoms with Gasteiger partial charge in [0.2, 0.25) is 5.91 Å². The fraction of sp³-hybridized carbons (Fsp3) is 0.130. The number of aryl methyl sites for hydroxylation is 1. The van der Waals surface area contributed by atoms with Gasteiger partial charge in [0.05, 0.1) is 10.6 Å². The zero-order chi connectivity index (χ0) is 22.4. The number of nitrogens with zero attached hydrogens (tertiary/aromatic N) is 1. The van der Waals surface area contributed by atoms with Crippen LogP contribution in [0, 0.1) is 6.92 Å². The van der Waals surface area contributed by atoms with E-state index in [4.69, 9.17) is 0 Å². The van der Waals surface area contributed by atoms with Gasteiger partial charge in [-0.25, -0.2) is 8.42 Å². The molecule has 0 atom stereocenters. The molecule has 0 bridgehead atoms. The van der Waals surface area contributed by atoms with Crippen molar-refractivity contribution in [2.75, 3.05) is 23.2 Å². The molecule has 160 valence electrons. The number of hydrogen-bond donors (Lipinski definition) is 2. The van der Waals surface area contributed by atoms with Crippen molar-refractivity contribution < 1.29 is 18.0 Å². The molecule has 0 saturated carbocycles. The number of benzene rings is 3. The molecule has 0 heterocycles. The van der Waals surface area contributed by atoms with E-state index in [0.717, 1.165) is 9.87 Å². The van der Waals surface area contributed by atoms with Crippen molar-refractivity contribution >= 4 is 33.2 Å². The molecule has 0 aromatic heterocycles. The summed E-state index contributed by atoms with van der Waals surface area (Å²) < 4.78 is 27.8. The Morgan fingerprint density at radius 2 is 1.58 bits per heavy atom. The largest absolute Gasteiger partial charge is 0.355 e. The predicted octanol–water partition coefficient (Wildman–Crippen LogP) is 3.19. The van der Waals surface area contributed by atoms with E-state index in [0.29, 0.717) is 16.9 Å². The van der Waals surface area contributed by atoms with Gasteiger partial charge in [0.15, 0.2) is 0 Å². The van der Waals surface area contributed by atoms with Gasteiger partial charge in [-0.1, -0.05) is 42.5 Å². The molecule has 3 aromatic rings. The van der Waals surface area contributed by atoms with Gasteiger partial charge >= 0.3 is 0 Å². The van der Waals surface area contributed by atoms with E-state index in [1.807, 2.05) is 0 Å². The summed E-state index contributed by atoms with van der Waals surface area (Å²) in [4.78, 5) is 24.7. The van der Waals surface area contributed by atoms with Crippen molar-refractivity contribution in [2.24, 2.45) is 0 Å². The number of para-hydroxylation sites is 1. The normalized spacial score (nSPS) is 10.9. The summed E-state index contributed by atoms with van der Waals surface area (Å²) in [6, 6.07) is 21.4. The van der Waals surface area contributed by atoms with Crippen LogP contribution in [0.5, 0.6) is 0 Å². The topological polar surface area (TPSA) is 95.6 Å². The first-order valence-corrected chi connectivity index (χ1v) is 11.0. The monoisotopic (exact) mass is 437 g/mol. The third kappa shape index (κ3) is 5.10. The highest BCUT2D eigenvalue weighted by atomic mass is 32.2. The quantitative estimate of drug-likeness (QED) is 0.593. The summed E-state index contributed by atoms with van der Waals surface area (Å²) in [7, 11) is -2.47. The lowest BCUT2D eigenvalue weighted by atomic mass is 10.2. The lowest BCUT2D eigenvalue weighted by Crippen LogP contribution is -2.38. The maximum absolute atomic E-state index is 13.3. The van der Waals surface area contributed by atoms with Crippen molar-refractivity contribution in [3.8, 4) is 0 Å². The molecule has 0 unspecified atom stereocenters. The average Bonchev–Trinajstić information content (AvgIpc) is 2.78. The second kappa shape index (κ2) is 9.44. The fourth-order valence-corrected chi connectivity index (χ4v) is 4.58. The van der Waals surface area contributed by atoms with Gasteiger partial charge in [-0.2, -0.15) is 0 Å². The van der Waals surface area contributed by atoms with E-state index in [-0.39, 0.29) is 10.8 Å². The highest BCUT2D eigenvalue weighted by molar-refractivity contribution is 7.92. The zero-order valence-corrected chi connectivity index (χ0v) is 18.0. The van der Waals surface area contributed by atoms with Crippen LogP contribution in [-0.4, -0.2) is 33.8 Å². The van der Waals surface area contributed by atoms with E-state index in [9.17, 15) is 18.0 Å². The van der Waals surface area contributed by atoms with E-state index < -0.39 is 22.5 Å². The zero-order valence-electron chi connectivity index (χ0n) is 17.2. The molecular weight excluding hydrogens is 414 g/mol. The van der Waals surface area contributed by atoms with Gasteiger partial charge in [-0.3, -0.25) is 13.9 Å². The van der Waals surface area contributed by atoms with Gasteiger partial charge in [-0.05, 0) is 48.9 Å². The maximum Gasteiger partial charge on any atom is 0.264 e. The molecule has 3 rings (SSSR count). The molecule has 2 N–H and O–H groups in total. The molecule has 8 heteroatoms. The Kier molecular flexibility index (Phi) is 6.71. The van der Waals surface area contributed by atoms with E-state index >= 15 is 0 Å². The van der Waals surface area contributed by atoms with Gasteiger partial charge < -0.3 is 10.6 Å². The van der Waals surface area contributed by atoms with Crippen molar-refractivity contribution in [1.29, 1.82) is 0 Å². The third-order valence-electron chi connectivity index (χ3n) is 4.64. The summed E-state index contributed by atoms with van der Waals surface area (Å²) in [5.41, 5.74) is 1.91. The Balaban J connectivity index is 1.92. The molecule has 0 spiro atoms. The molecular formula is C23H23N3O4S. The SMILES string of the molecule is CNC(=O)c1cccc(NC(=O)CN(c2ccccc2C)S(=O)(=O)c2ccccc2)c1. The lowest BCUT2D eigenvalue weighted by Gasteiger charge is -2.25. The van der Waals surface area contributed by atoms with Crippen LogP contribution in [0.4, 0.5) is 11.4 Å². The molecule has 31 heavy (non-hydrogen) atoms. The summed E-state index contributed by atoms with van der Waals surface area (Å²) in [6.07, 6.45) is 0. The fourth-order valence-electron chi connectivity index (χ4n) is 3.08. The second-order valence-electron chi connectivity index (χ2n) is 6.82. The molecule has 3 aromatic carbocycles. The molecule has 0 aliphatic rings. The minimum Gasteiger partial charge on any atom is -0.355 e. The van der Waals surface area contributed by atoms with Crippen LogP contribution in [0.1, 0.15) is 15.9 Å². The first-order chi connectivity index (χ1) is 14.8. The molecule has 0 aliphatic carbocycles. The molecule has 7 nitrogen and oxygen atoms in total. The number of sulfonamides is 1. The van der Waals surface area contributed by atoms with Crippen LogP contribution in [0.15, 0.2) is 83.8 Å². The van der Waals surface area contributed by atoms with Gasteiger partial charge in [-0.15, -0.1) is 0 Å². The first kappa shape index (κ1) is 22.0. The molecule has 0 aliphatic heterocycles. The smallest absolute Gasteiger partial charge is 0.264 e. The summed E-state index contributed by atoms with van der Waals surface area (Å²) in [5, 5.41) is 5.20. The Morgan fingerprint density at radius 1 is 0.903 bits per heavy atom. The Hall–Kier alpha value is -3.65. The number of hydrogen-bond acceptors (Lipinski definition) is 4. The number of rotatable bonds is 7. The molecule has 0 fully saturated rings. The number of nitrogens with one attached hydrogen (secondary N) is 2. The van der Waals surface area contributed by atoms with Crippen molar-refractivity contribution in [3.05, 3.63) is 90.0 Å². The average molecular weight is 438 g/mol. The Morgan fingerprint density at radius 3 is 2.26 bits per heavy atom. The van der Waals surface area contributed by atoms with Crippen molar-refractivity contribution in [3.63, 3.8) is 0 Å². The van der Waals surface area contributed by atoms with Crippen LogP contribution in [0.3, 0.4) is 0 Å². The number of carbonyl (C=O) groups excluding carboxylic acids is 2. The van der Waals surface area contributed by atoms with Crippen LogP contribution < -0.4 is 14.9 Å². The predicted molar refractivity (Wildman–Crippen MR) is 121 cm³/mol. The number of carbonyl (C=O) groups is 2. The van der Waals surface area contributed by atoms with Crippen LogP contribution >= 0.6 is 0 Å². The molecule has 0 radical (unpaired) electrons. The number of amides is 2. The Bertz CT molecular complexity index is 1190. The maximum atomic E-state index is 13.3. The van der Waals surface area contributed by atoms with Gasteiger partial charge in [0.25, 0.3) is 15.9 Å². The minimum absolute atomic E-state index is 0.0904. The first-order valence-electron chi connectivity index (χ1n) is 9.58. The van der Waals surface area contributed by atoms with Crippen LogP contribution in [0.25, 0.3) is 0 Å². The van der Waals surface area contributed by atoms with Crippen LogP contribution in [0.2, 0.25) is 0 Å². The standard InChI is InChI=1S/C23H23N3O4S/c1-17-9-6-7-14-21(17)26(31(29,30)20-12-4-3-5-13-20)16-22(27)25-19-11-8-10-18(15-19)23(28)24-2/h3-15H,16H2,1-2H3,(H,24,28)(H,25,27). The lowest BCUT2D eigenvalue weighted by molar-refractivity contribution is -0.114. The van der Waals surface area contributed by atoms with E-state index in [2.05, 4.69) is 10.6 Å². The second-order valence-corrected chi connectivity index (χ2v) is 8.68. The summed E-state index contributed by atoms with van der Waals surface area (Å²) >= 11 is 0. The summed E-state index contributed by atoms with van der Waals surface area (Å²) in [6.45, 7) is 1.36. The molecule has 0 saturated heterocycles. The van der Waals surface area contributed by atoms with Gasteiger partial charge in [0, 0.05) is 18.3 Å².